The molecule has 0 heterocycles. The molecule has 232 valence electrons. The zero-order valence-electron chi connectivity index (χ0n) is 21.8. The molecule has 0 spiro atoms. The van der Waals surface area contributed by atoms with Crippen molar-refractivity contribution in [2.24, 2.45) is 0 Å². The zero-order valence-corrected chi connectivity index (χ0v) is 21.8. The fourth-order valence-corrected chi connectivity index (χ4v) is 4.41. The number of anilines is 1. The Labute approximate surface area is 252 Å². The monoisotopic (exact) mass is 662 g/mol. The van der Waals surface area contributed by atoms with E-state index in [1.165, 1.54) is 0 Å². The molecule has 3 aromatic rings. The van der Waals surface area contributed by atoms with E-state index in [1.54, 1.807) is 0 Å². The highest BCUT2D eigenvalue weighted by molar-refractivity contribution is 6.12. The predicted octanol–water partition coefficient (Wildman–Crippen LogP) is 6.93. The van der Waals surface area contributed by atoms with Crippen molar-refractivity contribution < 1.29 is 52.7 Å². The van der Waals surface area contributed by atoms with Crippen molar-refractivity contribution >= 4 is 22.4 Å². The summed E-state index contributed by atoms with van der Waals surface area (Å²) in [6, 6.07) is 4.46. The minimum absolute atomic E-state index is 0.774. The molecule has 0 amide bonds. The van der Waals surface area contributed by atoms with Crippen LogP contribution >= 0.6 is 0 Å². The van der Waals surface area contributed by atoms with Gasteiger partial charge in [0.15, 0.2) is 69.8 Å². The van der Waals surface area contributed by atoms with Gasteiger partial charge in [-0.3, -0.25) is 0 Å². The fraction of sp³-hybridized carbons (Fsp3) is 0. The number of rotatable bonds is 3. The summed E-state index contributed by atoms with van der Waals surface area (Å²) in [5.41, 5.74) is -16.1. The van der Waals surface area contributed by atoms with E-state index < -0.39 is 137 Å². The lowest BCUT2D eigenvalue weighted by atomic mass is 9.99. The lowest BCUT2D eigenvalue weighted by Crippen LogP contribution is -2.07. The summed E-state index contributed by atoms with van der Waals surface area (Å²) in [5, 5.41) is 47.0. The van der Waals surface area contributed by atoms with Crippen LogP contribution in [0.2, 0.25) is 0 Å². The van der Waals surface area contributed by atoms with Crippen molar-refractivity contribution in [3.63, 3.8) is 0 Å². The Balaban J connectivity index is 2.37. The second kappa shape index (κ2) is 11.7. The van der Waals surface area contributed by atoms with Gasteiger partial charge >= 0.3 is 0 Å². The van der Waals surface area contributed by atoms with Crippen LogP contribution in [-0.2, 0) is 0 Å². The lowest BCUT2D eigenvalue weighted by molar-refractivity contribution is 0.446. The van der Waals surface area contributed by atoms with Crippen LogP contribution in [-0.4, -0.2) is 0 Å². The summed E-state index contributed by atoms with van der Waals surface area (Å²) >= 11 is 0. The van der Waals surface area contributed by atoms with Crippen molar-refractivity contribution in [2.75, 3.05) is 5.73 Å². The van der Waals surface area contributed by atoms with E-state index in [1.807, 2.05) is 0 Å². The highest BCUT2D eigenvalue weighted by Gasteiger charge is 2.46. The summed E-state index contributed by atoms with van der Waals surface area (Å²) < 4.78 is 177. The van der Waals surface area contributed by atoms with Crippen molar-refractivity contribution in [3.05, 3.63) is 114 Å². The number of halogens is 12. The van der Waals surface area contributed by atoms with Crippen molar-refractivity contribution in [2.45, 2.75) is 0 Å². The van der Waals surface area contributed by atoms with E-state index in [0.717, 1.165) is 30.3 Å². The number of allylic oxidation sites excluding steroid dienone is 6. The molecule has 6 nitrogen and oxygen atoms in total. The Bertz CT molecular complexity index is 2130. The minimum Gasteiger partial charge on any atom is -0.394 e. The molecule has 0 aliphatic heterocycles. The van der Waals surface area contributed by atoms with E-state index in [-0.39, 0.29) is 0 Å². The summed E-state index contributed by atoms with van der Waals surface area (Å²) in [5.74, 6) is -29.4. The number of nitriles is 5. The number of nitrogen functional groups attached to an aromatic ring is 1. The Morgan fingerprint density at radius 3 is 0.766 bits per heavy atom. The Morgan fingerprint density at radius 1 is 0.362 bits per heavy atom. The first-order valence-electron chi connectivity index (χ1n) is 11.7. The van der Waals surface area contributed by atoms with Crippen molar-refractivity contribution in [1.29, 1.82) is 26.3 Å². The third-order valence-corrected chi connectivity index (χ3v) is 6.57. The molecule has 0 atom stereocenters. The van der Waals surface area contributed by atoms with Crippen LogP contribution in [0, 0.1) is 126 Å². The molecule has 0 aromatic heterocycles. The van der Waals surface area contributed by atoms with Crippen LogP contribution in [0.1, 0.15) is 27.8 Å². The van der Waals surface area contributed by atoms with Gasteiger partial charge in [0, 0.05) is 16.7 Å². The van der Waals surface area contributed by atoms with Gasteiger partial charge in [0.25, 0.3) is 0 Å². The average Bonchev–Trinajstić information content (AvgIpc) is 3.77. The lowest BCUT2D eigenvalue weighted by Gasteiger charge is -2.08. The average molecular weight is 662 g/mol. The third kappa shape index (κ3) is 4.57. The molecule has 2 N–H and O–H groups in total. The maximum Gasteiger partial charge on any atom is 0.185 e. The molecule has 1 fully saturated rings. The maximum absolute atomic E-state index is 15.0. The van der Waals surface area contributed by atoms with Gasteiger partial charge in [-0.2, -0.15) is 26.3 Å². The molecule has 18 heteroatoms. The topological polar surface area (TPSA) is 145 Å². The molecule has 1 saturated carbocycles. The third-order valence-electron chi connectivity index (χ3n) is 6.57. The summed E-state index contributed by atoms with van der Waals surface area (Å²) in [6.07, 6.45) is 0. The Hall–Kier alpha value is -6.71. The van der Waals surface area contributed by atoms with Crippen LogP contribution in [0.15, 0.2) is 16.7 Å². The Kier molecular flexibility index (Phi) is 8.23. The van der Waals surface area contributed by atoms with Crippen LogP contribution < -0.4 is 5.73 Å². The zero-order chi connectivity index (χ0) is 35.4. The normalized spacial score (nSPS) is 14.0. The van der Waals surface area contributed by atoms with E-state index in [2.05, 4.69) is 0 Å². The summed E-state index contributed by atoms with van der Waals surface area (Å²) in [7, 11) is 0. The molecule has 4 rings (SSSR count). The first kappa shape index (κ1) is 33.2. The molecule has 1 aliphatic carbocycles. The molecule has 0 unspecified atom stereocenters. The Morgan fingerprint density at radius 2 is 0.574 bits per heavy atom. The van der Waals surface area contributed by atoms with Crippen molar-refractivity contribution in [1.82, 2.24) is 0 Å². The van der Waals surface area contributed by atoms with E-state index >= 15 is 17.6 Å². The first-order chi connectivity index (χ1) is 22.1. The SMILES string of the molecule is N#CC(=C1C(=C(C#N)c2c(F)c(F)c(C#N)c(F)c2F)C1=C(C#N)c1c(F)c(F)c(C#N)c(F)c1F)c1c(F)c(F)c(N)c(F)c1F. The smallest absolute Gasteiger partial charge is 0.185 e. The number of nitrogens with two attached hydrogens (primary N) is 1. The summed E-state index contributed by atoms with van der Waals surface area (Å²) in [6.45, 7) is 0. The molecule has 0 bridgehead atoms. The molecule has 47 heavy (non-hydrogen) atoms. The number of hydrogen-bond donors (Lipinski definition) is 1. The summed E-state index contributed by atoms with van der Waals surface area (Å²) in [4.78, 5) is 0. The number of nitrogens with zero attached hydrogens (tertiary/aromatic N) is 5. The van der Waals surface area contributed by atoms with Gasteiger partial charge in [-0.05, 0) is 0 Å². The highest BCUT2D eigenvalue weighted by Crippen LogP contribution is 2.57. The number of hydrogen-bond acceptors (Lipinski definition) is 6. The van der Waals surface area contributed by atoms with Crippen LogP contribution in [0.4, 0.5) is 58.4 Å². The second-order valence-electron chi connectivity index (χ2n) is 8.87. The molecular formula is C29H2F12N6. The minimum atomic E-state index is -2.51. The van der Waals surface area contributed by atoms with Crippen LogP contribution in [0.3, 0.4) is 0 Å². The van der Waals surface area contributed by atoms with E-state index in [9.17, 15) is 50.9 Å². The van der Waals surface area contributed by atoms with Crippen LogP contribution in [0.5, 0.6) is 0 Å². The van der Waals surface area contributed by atoms with Gasteiger partial charge in [0.2, 0.25) is 0 Å². The van der Waals surface area contributed by atoms with Gasteiger partial charge in [-0.25, -0.2) is 52.7 Å². The van der Waals surface area contributed by atoms with Crippen LogP contribution in [0.25, 0.3) is 16.7 Å². The molecule has 0 radical (unpaired) electrons. The first-order valence-corrected chi connectivity index (χ1v) is 11.7. The van der Waals surface area contributed by atoms with Crippen molar-refractivity contribution in [3.8, 4) is 30.3 Å². The molecule has 3 aromatic carbocycles. The predicted molar refractivity (Wildman–Crippen MR) is 130 cm³/mol. The van der Waals surface area contributed by atoms with Gasteiger partial charge < -0.3 is 5.73 Å². The van der Waals surface area contributed by atoms with E-state index in [0.29, 0.717) is 0 Å². The fourth-order valence-electron chi connectivity index (χ4n) is 4.41. The standard InChI is InChI=1S/C29H2F12N6/c30-17-9(4-45)18(31)22(35)14(21(17)34)6(1-42)11-12(7(2-43)15-23(36)19(32)10(5-46)20(33)24(15)37)13(11)8(3-44)16-25(38)27(40)29(47)28(41)26(16)39/h47H2. The van der Waals surface area contributed by atoms with Gasteiger partial charge in [0.1, 0.15) is 47.2 Å². The quantitative estimate of drug-likeness (QED) is 0.139. The maximum atomic E-state index is 15.0. The van der Waals surface area contributed by atoms with Gasteiger partial charge in [-0.1, -0.05) is 0 Å². The molecule has 1 aliphatic rings. The largest absolute Gasteiger partial charge is 0.394 e. The van der Waals surface area contributed by atoms with Gasteiger partial charge in [-0.15, -0.1) is 0 Å². The molecular weight excluding hydrogens is 660 g/mol. The number of benzene rings is 3. The second-order valence-corrected chi connectivity index (χ2v) is 8.87. The highest BCUT2D eigenvalue weighted by atomic mass is 19.2. The molecule has 0 saturated heterocycles. The van der Waals surface area contributed by atoms with Gasteiger partial charge in [0.05, 0.1) is 33.4 Å². The van der Waals surface area contributed by atoms with E-state index in [4.69, 9.17) is 16.3 Å².